The van der Waals surface area contributed by atoms with E-state index in [1.54, 1.807) is 6.08 Å². The molecule has 3 unspecified atom stereocenters. The Balaban J connectivity index is 4.01. The summed E-state index contributed by atoms with van der Waals surface area (Å²) in [6.45, 7) is 4.84. The Hall–Kier alpha value is -1.28. The normalized spacial score (nSPS) is 14.1. The first-order chi connectivity index (χ1) is 34.5. The molecule has 0 bridgehead atoms. The molecule has 0 spiro atoms. The number of phosphoric ester groups is 1. The lowest BCUT2D eigenvalue weighted by molar-refractivity contribution is -0.870. The van der Waals surface area contributed by atoms with Crippen molar-refractivity contribution in [2.75, 3.05) is 40.9 Å². The number of rotatable bonds is 57. The maximum absolute atomic E-state index is 13.0. The minimum Gasteiger partial charge on any atom is -0.387 e. The topological polar surface area (TPSA) is 105 Å². The number of amides is 1. The van der Waals surface area contributed by atoms with Gasteiger partial charge in [0.25, 0.3) is 0 Å². The highest BCUT2D eigenvalue weighted by molar-refractivity contribution is 7.47. The third kappa shape index (κ3) is 56.3. The van der Waals surface area contributed by atoms with E-state index in [0.29, 0.717) is 17.4 Å². The molecule has 71 heavy (non-hydrogen) atoms. The minimum absolute atomic E-state index is 0.0634. The van der Waals surface area contributed by atoms with Gasteiger partial charge in [0.15, 0.2) is 0 Å². The molecule has 1 amide bonds. The predicted octanol–water partition coefficient (Wildman–Crippen LogP) is 18.9. The van der Waals surface area contributed by atoms with Gasteiger partial charge in [-0.3, -0.25) is 13.8 Å². The van der Waals surface area contributed by atoms with Crippen LogP contribution < -0.4 is 5.32 Å². The highest BCUT2D eigenvalue weighted by Crippen LogP contribution is 2.43. The number of carbonyl (C=O) groups excluding carboxylic acids is 1. The van der Waals surface area contributed by atoms with Crippen LogP contribution in [0.4, 0.5) is 0 Å². The summed E-state index contributed by atoms with van der Waals surface area (Å²) in [4.78, 5) is 23.3. The Morgan fingerprint density at radius 2 is 0.803 bits per heavy atom. The lowest BCUT2D eigenvalue weighted by Gasteiger charge is -2.25. The fraction of sp³-hybridized carbons (Fsp3) is 0.887. The molecule has 8 nitrogen and oxygen atoms in total. The molecule has 0 aromatic carbocycles. The number of hydrogen-bond donors (Lipinski definition) is 3. The smallest absolute Gasteiger partial charge is 0.387 e. The van der Waals surface area contributed by atoms with Gasteiger partial charge in [-0.2, -0.15) is 0 Å². The van der Waals surface area contributed by atoms with Crippen LogP contribution in [0.1, 0.15) is 303 Å². The summed E-state index contributed by atoms with van der Waals surface area (Å²) in [5.74, 6) is -0.172. The van der Waals surface area contributed by atoms with Gasteiger partial charge in [0.2, 0.25) is 5.91 Å². The molecule has 9 heteroatoms. The molecule has 3 N–H and O–H groups in total. The van der Waals surface area contributed by atoms with Crippen molar-refractivity contribution in [2.45, 2.75) is 315 Å². The van der Waals surface area contributed by atoms with Crippen molar-refractivity contribution in [3.8, 4) is 0 Å². The molecule has 0 saturated carbocycles. The molecule has 0 aliphatic heterocycles. The predicted molar refractivity (Wildman–Crippen MR) is 309 cm³/mol. The lowest BCUT2D eigenvalue weighted by Crippen LogP contribution is -2.45. The van der Waals surface area contributed by atoms with Gasteiger partial charge < -0.3 is 19.8 Å². The molecule has 3 atom stereocenters. The summed E-state index contributed by atoms with van der Waals surface area (Å²) >= 11 is 0. The van der Waals surface area contributed by atoms with Gasteiger partial charge in [0, 0.05) is 6.42 Å². The SMILES string of the molecule is CCCCCCC/C=C\C/C=C\CCCCCCCCCCCCCCCCCCCCCCCC(=O)NC(COP(=O)(O)OCC[N+](C)(C)C)C(O)/C=C/CCCCCCCCCCCCCCCC. The molecule has 0 heterocycles. The summed E-state index contributed by atoms with van der Waals surface area (Å²) < 4.78 is 23.7. The molecule has 0 rings (SSSR count). The first-order valence-corrected chi connectivity index (χ1v) is 32.4. The van der Waals surface area contributed by atoms with Crippen molar-refractivity contribution >= 4 is 13.7 Å². The van der Waals surface area contributed by atoms with Crippen molar-refractivity contribution in [3.63, 3.8) is 0 Å². The number of hydrogen-bond acceptors (Lipinski definition) is 5. The number of quaternary nitrogens is 1. The number of carbonyl (C=O) groups is 1. The van der Waals surface area contributed by atoms with Crippen molar-refractivity contribution in [1.82, 2.24) is 5.32 Å². The average Bonchev–Trinajstić information content (AvgIpc) is 3.33. The molecule has 0 saturated heterocycles. The number of nitrogens with zero attached hydrogens (tertiary/aromatic N) is 1. The zero-order valence-electron chi connectivity index (χ0n) is 48.0. The van der Waals surface area contributed by atoms with E-state index in [4.69, 9.17) is 9.05 Å². The maximum atomic E-state index is 13.0. The fourth-order valence-electron chi connectivity index (χ4n) is 9.25. The Kier molecular flexibility index (Phi) is 52.6. The zero-order chi connectivity index (χ0) is 52.0. The third-order valence-corrected chi connectivity index (χ3v) is 15.1. The number of allylic oxidation sites excluding steroid dienone is 5. The van der Waals surface area contributed by atoms with E-state index in [-0.39, 0.29) is 19.1 Å². The number of aliphatic hydroxyl groups excluding tert-OH is 1. The summed E-state index contributed by atoms with van der Waals surface area (Å²) in [6.07, 6.45) is 69.8. The van der Waals surface area contributed by atoms with Crippen molar-refractivity contribution in [1.29, 1.82) is 0 Å². The van der Waals surface area contributed by atoms with E-state index >= 15 is 0 Å². The third-order valence-electron chi connectivity index (χ3n) is 14.1. The van der Waals surface area contributed by atoms with Crippen molar-refractivity contribution < 1.29 is 32.9 Å². The number of nitrogens with one attached hydrogen (secondary N) is 1. The highest BCUT2D eigenvalue weighted by atomic mass is 31.2. The quantitative estimate of drug-likeness (QED) is 0.0243. The van der Waals surface area contributed by atoms with Gasteiger partial charge in [0.05, 0.1) is 39.9 Å². The van der Waals surface area contributed by atoms with Crippen LogP contribution in [0.25, 0.3) is 0 Å². The van der Waals surface area contributed by atoms with E-state index in [9.17, 15) is 19.4 Å². The van der Waals surface area contributed by atoms with Gasteiger partial charge in [-0.25, -0.2) is 4.57 Å². The monoisotopic (exact) mass is 1020 g/mol. The summed E-state index contributed by atoms with van der Waals surface area (Å²) in [5, 5.41) is 13.9. The first-order valence-electron chi connectivity index (χ1n) is 30.9. The average molecular weight is 1020 g/mol. The lowest BCUT2D eigenvalue weighted by atomic mass is 10.0. The molecule has 0 radical (unpaired) electrons. The van der Waals surface area contributed by atoms with E-state index in [1.165, 1.54) is 238 Å². The van der Waals surface area contributed by atoms with Crippen LogP contribution in [-0.2, 0) is 18.4 Å². The van der Waals surface area contributed by atoms with E-state index < -0.39 is 20.0 Å². The Labute approximate surface area is 442 Å². The Bertz CT molecular complexity index is 1250. The minimum atomic E-state index is -4.34. The van der Waals surface area contributed by atoms with Gasteiger partial charge in [0.1, 0.15) is 13.2 Å². The van der Waals surface area contributed by atoms with Gasteiger partial charge in [-0.15, -0.1) is 0 Å². The van der Waals surface area contributed by atoms with Gasteiger partial charge in [-0.05, 0) is 51.4 Å². The number of phosphoric acid groups is 1. The van der Waals surface area contributed by atoms with Crippen LogP contribution in [0.2, 0.25) is 0 Å². The van der Waals surface area contributed by atoms with Crippen LogP contribution >= 0.6 is 7.82 Å². The Morgan fingerprint density at radius 1 is 0.479 bits per heavy atom. The standard InChI is InChI=1S/C62H121N2O6P/c1-6-8-10-12-14-16-18-20-22-24-25-26-27-28-29-30-31-32-33-34-35-36-37-38-39-40-42-44-46-48-50-52-54-56-62(66)63-60(59-70-71(67,68)69-58-57-64(3,4)5)61(65)55-53-51-49-47-45-43-41-23-21-19-17-15-13-11-9-7-2/h18,20,24-25,53,55,60-61,65H,6-17,19,21-23,26-52,54,56-59H2,1-5H3,(H-,63,66,67,68)/p+1/b20-18-,25-24-,55-53+. The Morgan fingerprint density at radius 3 is 1.15 bits per heavy atom. The number of aliphatic hydroxyl groups is 1. The zero-order valence-corrected chi connectivity index (χ0v) is 48.9. The molecular weight excluding hydrogens is 900 g/mol. The van der Waals surface area contributed by atoms with Gasteiger partial charge >= 0.3 is 7.82 Å². The second kappa shape index (κ2) is 53.5. The largest absolute Gasteiger partial charge is 0.472 e. The second-order valence-corrected chi connectivity index (χ2v) is 23.9. The van der Waals surface area contributed by atoms with Crippen LogP contribution in [-0.4, -0.2) is 73.4 Å². The van der Waals surface area contributed by atoms with E-state index in [1.807, 2.05) is 27.2 Å². The summed E-state index contributed by atoms with van der Waals surface area (Å²) in [6, 6.07) is -0.844. The number of likely N-dealkylation sites (N-methyl/N-ethyl adjacent to an activating group) is 1. The van der Waals surface area contributed by atoms with Crippen LogP contribution in [0.3, 0.4) is 0 Å². The van der Waals surface area contributed by atoms with Crippen molar-refractivity contribution in [3.05, 3.63) is 36.5 Å². The van der Waals surface area contributed by atoms with Crippen LogP contribution in [0.5, 0.6) is 0 Å². The molecule has 0 aliphatic rings. The summed E-state index contributed by atoms with van der Waals surface area (Å²) in [5.41, 5.74) is 0. The van der Waals surface area contributed by atoms with E-state index in [2.05, 4.69) is 43.5 Å². The molecular formula is C62H122N2O6P+. The molecule has 420 valence electrons. The second-order valence-electron chi connectivity index (χ2n) is 22.4. The molecule has 0 aromatic heterocycles. The van der Waals surface area contributed by atoms with E-state index in [0.717, 1.165) is 44.9 Å². The van der Waals surface area contributed by atoms with Crippen LogP contribution in [0.15, 0.2) is 36.5 Å². The molecule has 0 aliphatic carbocycles. The van der Waals surface area contributed by atoms with Gasteiger partial charge in [-0.1, -0.05) is 281 Å². The first kappa shape index (κ1) is 69.7. The van der Waals surface area contributed by atoms with Crippen molar-refractivity contribution in [2.24, 2.45) is 0 Å². The van der Waals surface area contributed by atoms with Crippen LogP contribution in [0, 0.1) is 0 Å². The highest BCUT2D eigenvalue weighted by Gasteiger charge is 2.27. The fourth-order valence-corrected chi connectivity index (χ4v) is 9.99. The molecule has 0 fully saturated rings. The summed E-state index contributed by atoms with van der Waals surface area (Å²) in [7, 11) is 1.58. The molecule has 0 aromatic rings. The number of unbranched alkanes of at least 4 members (excludes halogenated alkanes) is 40. The maximum Gasteiger partial charge on any atom is 0.472 e.